The molecule has 0 radical (unpaired) electrons. The van der Waals surface area contributed by atoms with Gasteiger partial charge < -0.3 is 9.84 Å². The molecule has 4 nitrogen and oxygen atoms in total. The second-order valence-corrected chi connectivity index (χ2v) is 7.79. The summed E-state index contributed by atoms with van der Waals surface area (Å²) in [5, 5.41) is 9.92. The van der Waals surface area contributed by atoms with Gasteiger partial charge in [-0.25, -0.2) is 0 Å². The van der Waals surface area contributed by atoms with Crippen LogP contribution in [0.4, 0.5) is 0 Å². The van der Waals surface area contributed by atoms with Crippen LogP contribution in [0.2, 0.25) is 0 Å². The Kier molecular flexibility index (Phi) is 3.69. The minimum atomic E-state index is -0.713. The van der Waals surface area contributed by atoms with E-state index in [2.05, 4.69) is 32.6 Å². The van der Waals surface area contributed by atoms with Crippen molar-refractivity contribution in [3.05, 3.63) is 0 Å². The maximum absolute atomic E-state index is 12.1. The Morgan fingerprint density at radius 1 is 1.00 bits per heavy atom. The second-order valence-electron chi connectivity index (χ2n) is 7.79. The van der Waals surface area contributed by atoms with E-state index in [-0.39, 0.29) is 10.8 Å². The van der Waals surface area contributed by atoms with Crippen LogP contribution in [-0.2, 0) is 9.53 Å². The zero-order valence-electron chi connectivity index (χ0n) is 12.7. The van der Waals surface area contributed by atoms with E-state index in [1.165, 1.54) is 0 Å². The van der Waals surface area contributed by atoms with Crippen LogP contribution in [0.25, 0.3) is 0 Å². The van der Waals surface area contributed by atoms with E-state index < -0.39 is 11.5 Å². The van der Waals surface area contributed by atoms with Gasteiger partial charge >= 0.3 is 5.97 Å². The van der Waals surface area contributed by atoms with Gasteiger partial charge in [-0.2, -0.15) is 0 Å². The van der Waals surface area contributed by atoms with Crippen LogP contribution in [0.3, 0.4) is 0 Å². The topological polar surface area (TPSA) is 49.8 Å². The van der Waals surface area contributed by atoms with Gasteiger partial charge in [-0.15, -0.1) is 0 Å². The molecule has 110 valence electrons. The van der Waals surface area contributed by atoms with Crippen molar-refractivity contribution in [3.8, 4) is 0 Å². The van der Waals surface area contributed by atoms with Gasteiger partial charge in [-0.1, -0.05) is 27.7 Å². The summed E-state index contributed by atoms with van der Waals surface area (Å²) in [6, 6.07) is 0. The zero-order chi connectivity index (χ0) is 14.3. The molecule has 4 heteroatoms. The molecule has 1 N–H and O–H groups in total. The first-order valence-electron chi connectivity index (χ1n) is 7.23. The third kappa shape index (κ3) is 2.95. The van der Waals surface area contributed by atoms with Crippen LogP contribution < -0.4 is 0 Å². The minimum Gasteiger partial charge on any atom is -0.480 e. The Hall–Kier alpha value is -0.610. The molecule has 0 aromatic carbocycles. The number of carboxylic acid groups (broad SMARTS) is 1. The van der Waals surface area contributed by atoms with Gasteiger partial charge in [0.1, 0.15) is 5.54 Å². The first kappa shape index (κ1) is 14.8. The molecule has 1 saturated heterocycles. The molecule has 0 spiro atoms. The fourth-order valence-corrected chi connectivity index (χ4v) is 4.57. The average Bonchev–Trinajstić information content (AvgIpc) is 2.25. The standard InChI is InChI=1S/C15H27NO3/c1-13(2)9-14(3,4)11-15(10-13,12(17)18)16-5-7-19-8-6-16/h5-11H2,1-4H3,(H,17,18). The van der Waals surface area contributed by atoms with Gasteiger partial charge in [0, 0.05) is 13.1 Å². The third-order valence-electron chi connectivity index (χ3n) is 4.51. The number of rotatable bonds is 2. The molecule has 2 rings (SSSR count). The number of carbonyl (C=O) groups is 1. The lowest BCUT2D eigenvalue weighted by Crippen LogP contribution is -2.63. The molecule has 0 aromatic rings. The maximum atomic E-state index is 12.1. The van der Waals surface area contributed by atoms with Crippen molar-refractivity contribution in [3.63, 3.8) is 0 Å². The molecule has 0 aromatic heterocycles. The SMILES string of the molecule is CC1(C)CC(C)(C)CC(C(=O)O)(N2CCOCC2)C1. The molecule has 0 unspecified atom stereocenters. The van der Waals surface area contributed by atoms with Crippen molar-refractivity contribution in [2.24, 2.45) is 10.8 Å². The molecule has 1 aliphatic heterocycles. The number of aliphatic carboxylic acids is 1. The predicted molar refractivity (Wildman–Crippen MR) is 74.2 cm³/mol. The quantitative estimate of drug-likeness (QED) is 0.836. The van der Waals surface area contributed by atoms with E-state index in [1.54, 1.807) is 0 Å². The number of nitrogens with zero attached hydrogens (tertiary/aromatic N) is 1. The van der Waals surface area contributed by atoms with Crippen LogP contribution >= 0.6 is 0 Å². The third-order valence-corrected chi connectivity index (χ3v) is 4.51. The summed E-state index contributed by atoms with van der Waals surface area (Å²) in [6.07, 6.45) is 2.55. The number of hydrogen-bond acceptors (Lipinski definition) is 3. The van der Waals surface area contributed by atoms with Crippen LogP contribution in [0.1, 0.15) is 47.0 Å². The summed E-state index contributed by atoms with van der Waals surface area (Å²) >= 11 is 0. The number of ether oxygens (including phenoxy) is 1. The van der Waals surface area contributed by atoms with Crippen LogP contribution in [0.15, 0.2) is 0 Å². The number of hydrogen-bond donors (Lipinski definition) is 1. The highest BCUT2D eigenvalue weighted by Gasteiger charge is 2.55. The molecule has 1 heterocycles. The van der Waals surface area contributed by atoms with Crippen LogP contribution in [0, 0.1) is 10.8 Å². The van der Waals surface area contributed by atoms with E-state index in [0.29, 0.717) is 13.2 Å². The Labute approximate surface area is 116 Å². The Bertz CT molecular complexity index is 340. The minimum absolute atomic E-state index is 0.0679. The lowest BCUT2D eigenvalue weighted by Gasteiger charge is -2.54. The lowest BCUT2D eigenvalue weighted by molar-refractivity contribution is -0.167. The van der Waals surface area contributed by atoms with Gasteiger partial charge in [0.2, 0.25) is 0 Å². The summed E-state index contributed by atoms with van der Waals surface area (Å²) < 4.78 is 5.38. The van der Waals surface area contributed by atoms with Gasteiger partial charge in [-0.3, -0.25) is 9.69 Å². The van der Waals surface area contributed by atoms with E-state index in [4.69, 9.17) is 4.74 Å². The largest absolute Gasteiger partial charge is 0.480 e. The number of carboxylic acids is 1. The first-order valence-corrected chi connectivity index (χ1v) is 7.23. The van der Waals surface area contributed by atoms with Gasteiger partial charge in [0.15, 0.2) is 0 Å². The molecule has 2 fully saturated rings. The molecular formula is C15H27NO3. The highest BCUT2D eigenvalue weighted by atomic mass is 16.5. The van der Waals surface area contributed by atoms with Crippen molar-refractivity contribution in [1.82, 2.24) is 4.90 Å². The van der Waals surface area contributed by atoms with Gasteiger partial charge in [0.05, 0.1) is 13.2 Å². The highest BCUT2D eigenvalue weighted by Crippen LogP contribution is 2.52. The van der Waals surface area contributed by atoms with Crippen molar-refractivity contribution in [2.45, 2.75) is 52.5 Å². The molecule has 0 atom stereocenters. The monoisotopic (exact) mass is 269 g/mol. The molecule has 0 amide bonds. The Morgan fingerprint density at radius 2 is 1.47 bits per heavy atom. The van der Waals surface area contributed by atoms with Gasteiger partial charge in [-0.05, 0) is 30.1 Å². The van der Waals surface area contributed by atoms with Crippen molar-refractivity contribution in [1.29, 1.82) is 0 Å². The lowest BCUT2D eigenvalue weighted by atomic mass is 9.58. The highest BCUT2D eigenvalue weighted by molar-refractivity contribution is 5.79. The summed E-state index contributed by atoms with van der Waals surface area (Å²) in [5.41, 5.74) is -0.577. The van der Waals surface area contributed by atoms with Crippen molar-refractivity contribution >= 4 is 5.97 Å². The van der Waals surface area contributed by atoms with Gasteiger partial charge in [0.25, 0.3) is 0 Å². The summed E-state index contributed by atoms with van der Waals surface area (Å²) in [7, 11) is 0. The van der Waals surface area contributed by atoms with Crippen molar-refractivity contribution < 1.29 is 14.6 Å². The fourth-order valence-electron chi connectivity index (χ4n) is 4.57. The second kappa shape index (κ2) is 4.74. The zero-order valence-corrected chi connectivity index (χ0v) is 12.7. The van der Waals surface area contributed by atoms with E-state index in [0.717, 1.165) is 32.4 Å². The molecule has 1 aliphatic carbocycles. The van der Waals surface area contributed by atoms with E-state index >= 15 is 0 Å². The first-order chi connectivity index (χ1) is 8.67. The average molecular weight is 269 g/mol. The molecule has 0 bridgehead atoms. The Balaban J connectivity index is 2.34. The maximum Gasteiger partial charge on any atom is 0.324 e. The summed E-state index contributed by atoms with van der Waals surface area (Å²) in [4.78, 5) is 14.2. The summed E-state index contributed by atoms with van der Waals surface area (Å²) in [6.45, 7) is 11.6. The molecule has 19 heavy (non-hydrogen) atoms. The van der Waals surface area contributed by atoms with E-state index in [9.17, 15) is 9.90 Å². The normalized spacial score (nSPS) is 29.9. The molecule has 2 aliphatic rings. The van der Waals surface area contributed by atoms with Crippen molar-refractivity contribution in [2.75, 3.05) is 26.3 Å². The predicted octanol–water partition coefficient (Wildman–Crippen LogP) is 2.38. The van der Waals surface area contributed by atoms with Crippen LogP contribution in [-0.4, -0.2) is 47.8 Å². The summed E-state index contributed by atoms with van der Waals surface area (Å²) in [5.74, 6) is -0.657. The Morgan fingerprint density at radius 3 is 1.89 bits per heavy atom. The molecular weight excluding hydrogens is 242 g/mol. The smallest absolute Gasteiger partial charge is 0.324 e. The van der Waals surface area contributed by atoms with E-state index in [1.807, 2.05) is 0 Å². The molecule has 1 saturated carbocycles. The fraction of sp³-hybridized carbons (Fsp3) is 0.933. The van der Waals surface area contributed by atoms with Crippen LogP contribution in [0.5, 0.6) is 0 Å². The number of morpholine rings is 1.